The van der Waals surface area contributed by atoms with Gasteiger partial charge in [0.1, 0.15) is 0 Å². The minimum Gasteiger partial charge on any atom is -0.490 e. The van der Waals surface area contributed by atoms with Crippen molar-refractivity contribution in [3.8, 4) is 5.75 Å². The van der Waals surface area contributed by atoms with Crippen molar-refractivity contribution in [1.29, 1.82) is 0 Å². The van der Waals surface area contributed by atoms with Crippen molar-refractivity contribution in [2.75, 3.05) is 35.8 Å². The number of nitrogens with two attached hydrogens (primary N) is 1. The maximum Gasteiger partial charge on any atom is 0.167 e. The average Bonchev–Trinajstić information content (AvgIpc) is 2.91. The zero-order valence-corrected chi connectivity index (χ0v) is 12.3. The second kappa shape index (κ2) is 6.37. The molecule has 1 aromatic carbocycles. The third-order valence-corrected chi connectivity index (χ3v) is 4.52. The van der Waals surface area contributed by atoms with E-state index in [0.717, 1.165) is 24.3 Å². The first-order valence-electron chi connectivity index (χ1n) is 6.66. The van der Waals surface area contributed by atoms with Gasteiger partial charge in [0.2, 0.25) is 0 Å². The summed E-state index contributed by atoms with van der Waals surface area (Å²) in [5, 5.41) is 0. The van der Waals surface area contributed by atoms with Crippen LogP contribution in [-0.4, -0.2) is 31.2 Å². The Hall–Kier alpha value is -1.10. The van der Waals surface area contributed by atoms with E-state index in [1.54, 1.807) is 6.07 Å². The predicted molar refractivity (Wildman–Crippen MR) is 80.7 cm³/mol. The van der Waals surface area contributed by atoms with Crippen LogP contribution in [0.3, 0.4) is 0 Å². The summed E-state index contributed by atoms with van der Waals surface area (Å²) in [4.78, 5) is 2.15. The fourth-order valence-electron chi connectivity index (χ4n) is 2.21. The van der Waals surface area contributed by atoms with E-state index in [9.17, 15) is 4.39 Å². The summed E-state index contributed by atoms with van der Waals surface area (Å²) in [6.45, 7) is 2.52. The van der Waals surface area contributed by atoms with Crippen molar-refractivity contribution < 1.29 is 9.13 Å². The minimum absolute atomic E-state index is 0.295. The van der Waals surface area contributed by atoms with E-state index >= 15 is 0 Å². The Morgan fingerprint density at radius 2 is 2.32 bits per heavy atom. The minimum atomic E-state index is -0.385. The molecule has 0 amide bonds. The van der Waals surface area contributed by atoms with Crippen LogP contribution in [0, 0.1) is 5.82 Å². The van der Waals surface area contributed by atoms with E-state index in [2.05, 4.69) is 4.90 Å². The van der Waals surface area contributed by atoms with Crippen LogP contribution < -0.4 is 15.4 Å². The number of anilines is 2. The SMILES string of the molecule is CCCOc1cc(N(C)C2CCSC2)c(N)cc1F. The summed E-state index contributed by atoms with van der Waals surface area (Å²) in [5.41, 5.74) is 7.28. The standard InChI is InChI=1S/C14H21FN2OS/c1-3-5-18-14-8-13(12(16)7-11(14)15)17(2)10-4-6-19-9-10/h7-8,10H,3-6,9,16H2,1-2H3. The lowest BCUT2D eigenvalue weighted by Gasteiger charge is -2.27. The fourth-order valence-corrected chi connectivity index (χ4v) is 3.48. The molecule has 2 N–H and O–H groups in total. The Labute approximate surface area is 118 Å². The highest BCUT2D eigenvalue weighted by atomic mass is 32.2. The number of hydrogen-bond acceptors (Lipinski definition) is 4. The number of ether oxygens (including phenoxy) is 1. The van der Waals surface area contributed by atoms with Crippen LogP contribution in [0.15, 0.2) is 12.1 Å². The molecule has 1 saturated heterocycles. The Kier molecular flexibility index (Phi) is 4.80. The number of thioether (sulfide) groups is 1. The van der Waals surface area contributed by atoms with Gasteiger partial charge in [0.25, 0.3) is 0 Å². The molecule has 5 heteroatoms. The topological polar surface area (TPSA) is 38.5 Å². The molecular formula is C14H21FN2OS. The molecule has 1 fully saturated rings. The second-order valence-corrected chi connectivity index (χ2v) is 5.97. The highest BCUT2D eigenvalue weighted by molar-refractivity contribution is 7.99. The van der Waals surface area contributed by atoms with E-state index in [1.807, 2.05) is 25.7 Å². The van der Waals surface area contributed by atoms with Crippen molar-refractivity contribution in [1.82, 2.24) is 0 Å². The van der Waals surface area contributed by atoms with Crippen LogP contribution in [-0.2, 0) is 0 Å². The highest BCUT2D eigenvalue weighted by Crippen LogP contribution is 2.34. The van der Waals surface area contributed by atoms with Gasteiger partial charge >= 0.3 is 0 Å². The van der Waals surface area contributed by atoms with Gasteiger partial charge in [0.15, 0.2) is 11.6 Å². The van der Waals surface area contributed by atoms with Crippen LogP contribution in [0.25, 0.3) is 0 Å². The van der Waals surface area contributed by atoms with Gasteiger partial charge in [-0.05, 0) is 18.6 Å². The first-order valence-corrected chi connectivity index (χ1v) is 7.81. The third kappa shape index (κ3) is 3.26. The van der Waals surface area contributed by atoms with E-state index in [0.29, 0.717) is 24.1 Å². The molecule has 1 unspecified atom stereocenters. The Bertz CT molecular complexity index is 436. The number of nitrogens with zero attached hydrogens (tertiary/aromatic N) is 1. The summed E-state index contributed by atoms with van der Waals surface area (Å²) in [6, 6.07) is 3.55. The molecule has 0 radical (unpaired) electrons. The Balaban J connectivity index is 2.22. The molecule has 2 rings (SSSR count). The Morgan fingerprint density at radius 3 is 2.95 bits per heavy atom. The third-order valence-electron chi connectivity index (χ3n) is 3.38. The van der Waals surface area contributed by atoms with Crippen LogP contribution >= 0.6 is 11.8 Å². The van der Waals surface area contributed by atoms with E-state index < -0.39 is 0 Å². The molecule has 1 heterocycles. The van der Waals surface area contributed by atoms with Crippen LogP contribution in [0.1, 0.15) is 19.8 Å². The largest absolute Gasteiger partial charge is 0.490 e. The number of halogens is 1. The molecule has 0 saturated carbocycles. The molecule has 0 spiro atoms. The summed E-state index contributed by atoms with van der Waals surface area (Å²) in [6.07, 6.45) is 2.00. The normalized spacial score (nSPS) is 18.6. The molecule has 19 heavy (non-hydrogen) atoms. The molecule has 1 atom stereocenters. The van der Waals surface area contributed by atoms with E-state index in [-0.39, 0.29) is 5.82 Å². The summed E-state index contributed by atoms with van der Waals surface area (Å²) in [5.74, 6) is 2.18. The molecule has 106 valence electrons. The van der Waals surface area contributed by atoms with Crippen molar-refractivity contribution in [3.63, 3.8) is 0 Å². The molecule has 1 aliphatic heterocycles. The quantitative estimate of drug-likeness (QED) is 0.843. The van der Waals surface area contributed by atoms with Gasteiger partial charge in [-0.3, -0.25) is 0 Å². The van der Waals surface area contributed by atoms with Crippen LogP contribution in [0.2, 0.25) is 0 Å². The smallest absolute Gasteiger partial charge is 0.167 e. The van der Waals surface area contributed by atoms with Crippen molar-refractivity contribution in [2.24, 2.45) is 0 Å². The van der Waals surface area contributed by atoms with Gasteiger partial charge in [-0.15, -0.1) is 0 Å². The molecule has 1 aromatic rings. The number of nitrogen functional groups attached to an aromatic ring is 1. The first kappa shape index (κ1) is 14.3. The van der Waals surface area contributed by atoms with Crippen molar-refractivity contribution in [3.05, 3.63) is 17.9 Å². The zero-order valence-electron chi connectivity index (χ0n) is 11.5. The Morgan fingerprint density at radius 1 is 1.53 bits per heavy atom. The van der Waals surface area contributed by atoms with Crippen molar-refractivity contribution >= 4 is 23.1 Å². The molecule has 3 nitrogen and oxygen atoms in total. The lowest BCUT2D eigenvalue weighted by atomic mass is 10.1. The predicted octanol–water partition coefficient (Wildman–Crippen LogP) is 3.14. The molecule has 1 aliphatic rings. The number of hydrogen-bond donors (Lipinski definition) is 1. The fraction of sp³-hybridized carbons (Fsp3) is 0.571. The van der Waals surface area contributed by atoms with Gasteiger partial charge in [-0.1, -0.05) is 6.92 Å². The summed E-state index contributed by atoms with van der Waals surface area (Å²) in [7, 11) is 2.02. The first-order chi connectivity index (χ1) is 9.13. The monoisotopic (exact) mass is 284 g/mol. The van der Waals surface area contributed by atoms with Gasteiger partial charge in [0, 0.05) is 31.0 Å². The summed E-state index contributed by atoms with van der Waals surface area (Å²) < 4.78 is 19.2. The maximum atomic E-state index is 13.8. The van der Waals surface area contributed by atoms with E-state index in [1.165, 1.54) is 11.8 Å². The van der Waals surface area contributed by atoms with Gasteiger partial charge in [-0.25, -0.2) is 4.39 Å². The highest BCUT2D eigenvalue weighted by Gasteiger charge is 2.22. The molecule has 0 aliphatic carbocycles. The molecular weight excluding hydrogens is 263 g/mol. The van der Waals surface area contributed by atoms with Crippen molar-refractivity contribution in [2.45, 2.75) is 25.8 Å². The van der Waals surface area contributed by atoms with Crippen LogP contribution in [0.5, 0.6) is 5.75 Å². The summed E-state index contributed by atoms with van der Waals surface area (Å²) >= 11 is 1.94. The lowest BCUT2D eigenvalue weighted by Crippen LogP contribution is -2.31. The average molecular weight is 284 g/mol. The number of rotatable bonds is 5. The van der Waals surface area contributed by atoms with Gasteiger partial charge in [0.05, 0.1) is 18.0 Å². The van der Waals surface area contributed by atoms with Gasteiger partial charge in [-0.2, -0.15) is 11.8 Å². The second-order valence-electron chi connectivity index (χ2n) is 4.82. The number of benzene rings is 1. The van der Waals surface area contributed by atoms with Crippen LogP contribution in [0.4, 0.5) is 15.8 Å². The lowest BCUT2D eigenvalue weighted by molar-refractivity contribution is 0.301. The molecule has 0 aromatic heterocycles. The molecule has 0 bridgehead atoms. The zero-order chi connectivity index (χ0) is 13.8. The maximum absolute atomic E-state index is 13.8. The van der Waals surface area contributed by atoms with Gasteiger partial charge < -0.3 is 15.4 Å². The van der Waals surface area contributed by atoms with E-state index in [4.69, 9.17) is 10.5 Å².